The lowest BCUT2D eigenvalue weighted by atomic mass is 9.85. The van der Waals surface area contributed by atoms with E-state index in [1.54, 1.807) is 30.3 Å². The van der Waals surface area contributed by atoms with Crippen LogP contribution < -0.4 is 19.5 Å². The first kappa shape index (κ1) is 21.2. The maximum Gasteiger partial charge on any atom is 0.274 e. The van der Waals surface area contributed by atoms with Crippen molar-refractivity contribution in [2.24, 2.45) is 5.73 Å². The Labute approximate surface area is 185 Å². The fourth-order valence-electron chi connectivity index (χ4n) is 3.69. The van der Waals surface area contributed by atoms with Crippen LogP contribution in [0, 0.1) is 0 Å². The van der Waals surface area contributed by atoms with Crippen molar-refractivity contribution in [2.45, 2.75) is 10.4 Å². The lowest BCUT2D eigenvalue weighted by molar-refractivity contribution is -0.120. The molecular formula is C22H19ClN2O5S. The molecule has 0 bridgehead atoms. The summed E-state index contributed by atoms with van der Waals surface area (Å²) < 4.78 is 38.5. The highest BCUT2D eigenvalue weighted by molar-refractivity contribution is 7.93. The number of amides is 1. The number of nitrogens with zero attached hydrogens (tertiary/aromatic N) is 1. The predicted molar refractivity (Wildman–Crippen MR) is 117 cm³/mol. The Morgan fingerprint density at radius 3 is 2.32 bits per heavy atom. The number of nitrogens with two attached hydrogens (primary N) is 1. The number of carbonyl (C=O) groups excluding carboxylic acids is 1. The molecule has 31 heavy (non-hydrogen) atoms. The fourth-order valence-corrected chi connectivity index (χ4v) is 5.48. The summed E-state index contributed by atoms with van der Waals surface area (Å²) in [5.74, 6) is -0.362. The zero-order valence-corrected chi connectivity index (χ0v) is 18.3. The minimum atomic E-state index is -4.38. The molecule has 0 radical (unpaired) electrons. The van der Waals surface area contributed by atoms with Crippen LogP contribution in [-0.2, 0) is 20.4 Å². The summed E-state index contributed by atoms with van der Waals surface area (Å²) in [4.78, 5) is 13.5. The van der Waals surface area contributed by atoms with Crippen LogP contribution in [0.15, 0.2) is 71.6 Å². The van der Waals surface area contributed by atoms with Gasteiger partial charge in [0.1, 0.15) is 16.4 Å². The van der Waals surface area contributed by atoms with Gasteiger partial charge in [-0.25, -0.2) is 12.7 Å². The standard InChI is InChI=1S/C22H19ClN2O5S/c1-29-16-9-11-20(19(13-16)30-2)31(27,28)25-18-10-8-15(23)12-17(18)22(24,21(25)26)14-6-4-3-5-7-14/h3-13H,24H2,1-2H3. The van der Waals surface area contributed by atoms with E-state index in [2.05, 4.69) is 0 Å². The SMILES string of the molecule is COc1ccc(S(=O)(=O)N2C(=O)C(N)(c3ccccc3)c3cc(Cl)ccc32)c(OC)c1. The minimum Gasteiger partial charge on any atom is -0.497 e. The van der Waals surface area contributed by atoms with Gasteiger partial charge in [-0.3, -0.25) is 4.79 Å². The number of ether oxygens (including phenoxy) is 2. The molecule has 0 aliphatic carbocycles. The van der Waals surface area contributed by atoms with Crippen molar-refractivity contribution in [3.63, 3.8) is 0 Å². The van der Waals surface area contributed by atoms with E-state index in [4.69, 9.17) is 26.8 Å². The van der Waals surface area contributed by atoms with Crippen LogP contribution in [0.1, 0.15) is 11.1 Å². The molecule has 1 aliphatic heterocycles. The molecule has 1 aliphatic rings. The Morgan fingerprint density at radius 2 is 1.68 bits per heavy atom. The minimum absolute atomic E-state index is 0.0388. The van der Waals surface area contributed by atoms with Crippen LogP contribution in [0.3, 0.4) is 0 Å². The van der Waals surface area contributed by atoms with Crippen molar-refractivity contribution in [1.29, 1.82) is 0 Å². The summed E-state index contributed by atoms with van der Waals surface area (Å²) in [5.41, 5.74) is 5.78. The average molecular weight is 459 g/mol. The average Bonchev–Trinajstić information content (AvgIpc) is 3.01. The molecular weight excluding hydrogens is 440 g/mol. The van der Waals surface area contributed by atoms with Gasteiger partial charge >= 0.3 is 0 Å². The summed E-state index contributed by atoms with van der Waals surface area (Å²) in [7, 11) is -1.59. The van der Waals surface area contributed by atoms with Crippen molar-refractivity contribution in [2.75, 3.05) is 18.5 Å². The van der Waals surface area contributed by atoms with E-state index in [-0.39, 0.29) is 16.3 Å². The molecule has 1 atom stereocenters. The first-order valence-corrected chi connectivity index (χ1v) is 11.0. The second-order valence-corrected chi connectivity index (χ2v) is 9.12. The van der Waals surface area contributed by atoms with Crippen LogP contribution in [0.25, 0.3) is 0 Å². The topological polar surface area (TPSA) is 98.9 Å². The molecule has 0 aromatic heterocycles. The Balaban J connectivity index is 1.96. The van der Waals surface area contributed by atoms with E-state index in [1.165, 1.54) is 50.6 Å². The number of rotatable bonds is 5. The highest BCUT2D eigenvalue weighted by Crippen LogP contribution is 2.47. The Bertz CT molecular complexity index is 1280. The number of anilines is 1. The molecule has 1 unspecified atom stereocenters. The third kappa shape index (κ3) is 3.15. The van der Waals surface area contributed by atoms with E-state index in [9.17, 15) is 13.2 Å². The molecule has 2 N–H and O–H groups in total. The zero-order chi connectivity index (χ0) is 22.4. The number of sulfonamides is 1. The van der Waals surface area contributed by atoms with E-state index >= 15 is 0 Å². The van der Waals surface area contributed by atoms with Gasteiger partial charge in [0.15, 0.2) is 5.54 Å². The number of carbonyl (C=O) groups is 1. The van der Waals surface area contributed by atoms with E-state index in [0.29, 0.717) is 21.9 Å². The maximum absolute atomic E-state index is 13.7. The molecule has 0 saturated carbocycles. The Kier molecular flexibility index (Phi) is 5.17. The number of hydrogen-bond acceptors (Lipinski definition) is 6. The molecule has 0 fully saturated rings. The van der Waals surface area contributed by atoms with Gasteiger partial charge in [0.2, 0.25) is 0 Å². The van der Waals surface area contributed by atoms with Gasteiger partial charge in [0.05, 0.1) is 19.9 Å². The van der Waals surface area contributed by atoms with Crippen LogP contribution >= 0.6 is 11.6 Å². The number of halogens is 1. The zero-order valence-electron chi connectivity index (χ0n) is 16.7. The second kappa shape index (κ2) is 7.56. The quantitative estimate of drug-likeness (QED) is 0.629. The van der Waals surface area contributed by atoms with Gasteiger partial charge in [0, 0.05) is 16.7 Å². The molecule has 3 aromatic rings. The van der Waals surface area contributed by atoms with Crippen molar-refractivity contribution >= 4 is 33.2 Å². The molecule has 0 saturated heterocycles. The summed E-state index contributed by atoms with van der Waals surface area (Å²) in [5, 5.41) is 0.332. The lowest BCUT2D eigenvalue weighted by Crippen LogP contribution is -2.49. The van der Waals surface area contributed by atoms with Crippen molar-refractivity contribution in [3.05, 3.63) is 82.9 Å². The van der Waals surface area contributed by atoms with E-state index in [1.807, 2.05) is 0 Å². The fraction of sp³-hybridized carbons (Fsp3) is 0.136. The Hall–Kier alpha value is -3.07. The van der Waals surface area contributed by atoms with Crippen LogP contribution in [0.2, 0.25) is 5.02 Å². The van der Waals surface area contributed by atoms with E-state index in [0.717, 1.165) is 4.31 Å². The van der Waals surface area contributed by atoms with Gasteiger partial charge in [0.25, 0.3) is 15.9 Å². The monoisotopic (exact) mass is 458 g/mol. The maximum atomic E-state index is 13.7. The molecule has 0 spiro atoms. The van der Waals surface area contributed by atoms with Crippen molar-refractivity contribution in [1.82, 2.24) is 0 Å². The van der Waals surface area contributed by atoms with E-state index < -0.39 is 21.5 Å². The van der Waals surface area contributed by atoms with Crippen LogP contribution in [0.4, 0.5) is 5.69 Å². The largest absolute Gasteiger partial charge is 0.497 e. The summed E-state index contributed by atoms with van der Waals surface area (Å²) in [6.45, 7) is 0. The van der Waals surface area contributed by atoms with Crippen molar-refractivity contribution < 1.29 is 22.7 Å². The second-order valence-electron chi connectivity index (χ2n) is 6.93. The predicted octanol–water partition coefficient (Wildman–Crippen LogP) is 3.30. The number of fused-ring (bicyclic) bond motifs is 1. The molecule has 160 valence electrons. The summed E-state index contributed by atoms with van der Waals surface area (Å²) in [6, 6.07) is 17.3. The smallest absolute Gasteiger partial charge is 0.274 e. The third-order valence-corrected chi connectivity index (χ3v) is 7.21. The van der Waals surface area contributed by atoms with Gasteiger partial charge in [-0.15, -0.1) is 0 Å². The van der Waals surface area contributed by atoms with Gasteiger partial charge in [-0.1, -0.05) is 41.9 Å². The molecule has 7 nitrogen and oxygen atoms in total. The number of methoxy groups -OCH3 is 2. The highest BCUT2D eigenvalue weighted by atomic mass is 35.5. The molecule has 4 rings (SSSR count). The number of hydrogen-bond donors (Lipinski definition) is 1. The number of benzene rings is 3. The van der Waals surface area contributed by atoms with Crippen LogP contribution in [0.5, 0.6) is 11.5 Å². The highest BCUT2D eigenvalue weighted by Gasteiger charge is 2.54. The van der Waals surface area contributed by atoms with Gasteiger partial charge in [-0.2, -0.15) is 0 Å². The van der Waals surface area contributed by atoms with Gasteiger partial charge < -0.3 is 15.2 Å². The molecule has 1 heterocycles. The Morgan fingerprint density at radius 1 is 0.968 bits per heavy atom. The normalized spacial score (nSPS) is 18.1. The first-order valence-electron chi connectivity index (χ1n) is 9.21. The van der Waals surface area contributed by atoms with Gasteiger partial charge in [-0.05, 0) is 35.9 Å². The summed E-state index contributed by atoms with van der Waals surface area (Å²) in [6.07, 6.45) is 0. The third-order valence-electron chi connectivity index (χ3n) is 5.24. The molecule has 3 aromatic carbocycles. The van der Waals surface area contributed by atoms with Crippen LogP contribution in [-0.4, -0.2) is 28.5 Å². The first-order chi connectivity index (χ1) is 14.7. The summed E-state index contributed by atoms with van der Waals surface area (Å²) >= 11 is 6.18. The molecule has 1 amide bonds. The lowest BCUT2D eigenvalue weighted by Gasteiger charge is -2.25. The molecule has 9 heteroatoms. The van der Waals surface area contributed by atoms with Crippen molar-refractivity contribution in [3.8, 4) is 11.5 Å².